The molecule has 0 amide bonds. The smallest absolute Gasteiger partial charge is 0.303 e. The molecule has 1 aromatic carbocycles. The highest BCUT2D eigenvalue weighted by Crippen LogP contribution is 2.51. The summed E-state index contributed by atoms with van der Waals surface area (Å²) in [7, 11) is 0. The Hall–Kier alpha value is -2.09. The lowest BCUT2D eigenvalue weighted by atomic mass is 9.57. The average Bonchev–Trinajstić information content (AvgIpc) is 2.64. The van der Waals surface area contributed by atoms with Crippen molar-refractivity contribution in [2.75, 3.05) is 0 Å². The number of rotatable bonds is 6. The van der Waals surface area contributed by atoms with Crippen LogP contribution in [-0.2, 0) is 11.2 Å². The van der Waals surface area contributed by atoms with E-state index in [1.165, 1.54) is 11.1 Å². The number of fused-ring (bicyclic) bond motifs is 1. The molecule has 0 radical (unpaired) electrons. The van der Waals surface area contributed by atoms with Crippen LogP contribution in [-0.4, -0.2) is 33.5 Å². The Morgan fingerprint density at radius 1 is 1.26 bits per heavy atom. The van der Waals surface area contributed by atoms with Crippen molar-refractivity contribution < 1.29 is 20.1 Å². The SMILES string of the molecule is O=C(O)CC/C=C1/C[C@@H]2[C@@H](C#CC(O)CCc3ccccc3)[C@H](O)CC[C@H]12. The molecule has 0 bridgehead atoms. The first-order valence-electron chi connectivity index (χ1n) is 9.86. The summed E-state index contributed by atoms with van der Waals surface area (Å²) >= 11 is 0. The molecule has 0 aromatic heterocycles. The van der Waals surface area contributed by atoms with Crippen molar-refractivity contribution >= 4 is 5.97 Å². The average molecular weight is 368 g/mol. The maximum Gasteiger partial charge on any atom is 0.303 e. The molecule has 4 nitrogen and oxygen atoms in total. The van der Waals surface area contributed by atoms with Crippen molar-refractivity contribution in [2.24, 2.45) is 17.8 Å². The van der Waals surface area contributed by atoms with Crippen molar-refractivity contribution in [1.29, 1.82) is 0 Å². The number of carboxylic acids is 1. The van der Waals surface area contributed by atoms with Crippen LogP contribution in [0.25, 0.3) is 0 Å². The molecule has 2 saturated carbocycles. The Morgan fingerprint density at radius 2 is 2.04 bits per heavy atom. The Morgan fingerprint density at radius 3 is 2.78 bits per heavy atom. The van der Waals surface area contributed by atoms with Crippen LogP contribution in [0.3, 0.4) is 0 Å². The second kappa shape index (κ2) is 9.21. The first-order chi connectivity index (χ1) is 13.0. The molecule has 0 saturated heterocycles. The summed E-state index contributed by atoms with van der Waals surface area (Å²) in [4.78, 5) is 10.7. The van der Waals surface area contributed by atoms with Gasteiger partial charge in [-0.25, -0.2) is 0 Å². The van der Waals surface area contributed by atoms with E-state index in [-0.39, 0.29) is 12.3 Å². The fraction of sp³-hybridized carbons (Fsp3) is 0.522. The molecule has 3 N–H and O–H groups in total. The molecule has 1 unspecified atom stereocenters. The summed E-state index contributed by atoms with van der Waals surface area (Å²) < 4.78 is 0. The maximum atomic E-state index is 10.7. The molecule has 2 aliphatic rings. The van der Waals surface area contributed by atoms with E-state index in [0.717, 1.165) is 25.7 Å². The number of benzene rings is 1. The summed E-state index contributed by atoms with van der Waals surface area (Å²) in [6.45, 7) is 0. The third-order valence-electron chi connectivity index (χ3n) is 5.84. The number of hydrogen-bond acceptors (Lipinski definition) is 3. The van der Waals surface area contributed by atoms with Crippen LogP contribution in [0.1, 0.15) is 44.1 Å². The zero-order chi connectivity index (χ0) is 19.2. The molecule has 0 heterocycles. The van der Waals surface area contributed by atoms with Crippen LogP contribution in [0.5, 0.6) is 0 Å². The molecule has 1 aromatic rings. The molecule has 2 aliphatic carbocycles. The third kappa shape index (κ3) is 5.22. The van der Waals surface area contributed by atoms with E-state index in [1.807, 2.05) is 30.3 Å². The number of carboxylic acid groups (broad SMARTS) is 1. The zero-order valence-electron chi connectivity index (χ0n) is 15.6. The van der Waals surface area contributed by atoms with E-state index in [2.05, 4.69) is 17.9 Å². The molecule has 3 rings (SSSR count). The number of aryl methyl sites for hydroxylation is 1. The van der Waals surface area contributed by atoms with E-state index in [9.17, 15) is 15.0 Å². The summed E-state index contributed by atoms with van der Waals surface area (Å²) in [5.41, 5.74) is 2.51. The fourth-order valence-corrected chi connectivity index (χ4v) is 4.30. The lowest BCUT2D eigenvalue weighted by Gasteiger charge is -2.48. The van der Waals surface area contributed by atoms with Gasteiger partial charge in [-0.05, 0) is 55.9 Å². The minimum Gasteiger partial charge on any atom is -0.481 e. The van der Waals surface area contributed by atoms with Crippen LogP contribution in [0.4, 0.5) is 0 Å². The van der Waals surface area contributed by atoms with Crippen molar-refractivity contribution in [1.82, 2.24) is 0 Å². The fourth-order valence-electron chi connectivity index (χ4n) is 4.30. The first kappa shape index (κ1) is 19.7. The normalized spacial score (nSPS) is 29.2. The highest BCUT2D eigenvalue weighted by Gasteiger charge is 2.46. The van der Waals surface area contributed by atoms with Crippen LogP contribution < -0.4 is 0 Å². The van der Waals surface area contributed by atoms with Gasteiger partial charge >= 0.3 is 5.97 Å². The van der Waals surface area contributed by atoms with E-state index in [4.69, 9.17) is 5.11 Å². The summed E-state index contributed by atoms with van der Waals surface area (Å²) in [5, 5.41) is 29.3. The number of aliphatic hydroxyl groups excluding tert-OH is 2. The van der Waals surface area contributed by atoms with Gasteiger partial charge in [0.1, 0.15) is 6.10 Å². The summed E-state index contributed by atoms with van der Waals surface area (Å²) in [6.07, 6.45) is 5.62. The number of aliphatic carboxylic acids is 1. The molecule has 0 spiro atoms. The Kier molecular flexibility index (Phi) is 6.71. The molecular weight excluding hydrogens is 340 g/mol. The Labute approximate surface area is 160 Å². The Balaban J connectivity index is 1.53. The lowest BCUT2D eigenvalue weighted by Crippen LogP contribution is -2.44. The van der Waals surface area contributed by atoms with Gasteiger partial charge in [-0.1, -0.05) is 53.8 Å². The van der Waals surface area contributed by atoms with Gasteiger partial charge in [-0.15, -0.1) is 0 Å². The van der Waals surface area contributed by atoms with Gasteiger partial charge in [-0.2, -0.15) is 0 Å². The molecule has 0 aliphatic heterocycles. The number of hydrogen-bond donors (Lipinski definition) is 3. The number of carbonyl (C=O) groups is 1. The van der Waals surface area contributed by atoms with Crippen molar-refractivity contribution in [3.8, 4) is 11.8 Å². The van der Waals surface area contributed by atoms with E-state index in [1.54, 1.807) is 0 Å². The van der Waals surface area contributed by atoms with Crippen LogP contribution in [0, 0.1) is 29.6 Å². The third-order valence-corrected chi connectivity index (χ3v) is 5.84. The second-order valence-electron chi connectivity index (χ2n) is 7.69. The maximum absolute atomic E-state index is 10.7. The Bertz CT molecular complexity index is 728. The van der Waals surface area contributed by atoms with E-state index in [0.29, 0.717) is 24.7 Å². The van der Waals surface area contributed by atoms with Gasteiger partial charge in [0.05, 0.1) is 12.0 Å². The lowest BCUT2D eigenvalue weighted by molar-refractivity contribution is -0.136. The number of aliphatic hydroxyl groups is 2. The summed E-state index contributed by atoms with van der Waals surface area (Å²) in [6, 6.07) is 10.0. The van der Waals surface area contributed by atoms with Gasteiger partial charge in [0.15, 0.2) is 0 Å². The van der Waals surface area contributed by atoms with Crippen LogP contribution in [0.15, 0.2) is 42.0 Å². The van der Waals surface area contributed by atoms with Gasteiger partial charge in [-0.3, -0.25) is 4.79 Å². The van der Waals surface area contributed by atoms with Gasteiger partial charge in [0, 0.05) is 6.42 Å². The molecular formula is C23H28O4. The molecule has 4 heteroatoms. The second-order valence-corrected chi connectivity index (χ2v) is 7.69. The zero-order valence-corrected chi connectivity index (χ0v) is 15.6. The molecule has 2 fully saturated rings. The highest BCUT2D eigenvalue weighted by atomic mass is 16.4. The predicted octanol–water partition coefficient (Wildman–Crippen LogP) is 3.18. The van der Waals surface area contributed by atoms with Gasteiger partial charge in [0.25, 0.3) is 0 Å². The van der Waals surface area contributed by atoms with Gasteiger partial charge in [0.2, 0.25) is 0 Å². The predicted molar refractivity (Wildman–Crippen MR) is 104 cm³/mol. The minimum absolute atomic E-state index is 0.0910. The standard InChI is InChI=1S/C23H28O4/c24-18(10-9-16-5-2-1-3-6-16)11-12-20-21-15-17(7-4-8-23(26)27)19(21)13-14-22(20)25/h1-3,5-7,18-22,24-25H,4,8-10,13-15H2,(H,26,27)/b17-7-/t18?,19-,20-,21+,22-/m1/s1. The molecule has 27 heavy (non-hydrogen) atoms. The van der Waals surface area contributed by atoms with Crippen LogP contribution in [0.2, 0.25) is 0 Å². The number of allylic oxidation sites excluding steroid dienone is 2. The van der Waals surface area contributed by atoms with Crippen LogP contribution >= 0.6 is 0 Å². The highest BCUT2D eigenvalue weighted by molar-refractivity contribution is 5.66. The van der Waals surface area contributed by atoms with Crippen molar-refractivity contribution in [3.05, 3.63) is 47.5 Å². The largest absolute Gasteiger partial charge is 0.481 e. The monoisotopic (exact) mass is 368 g/mol. The van der Waals surface area contributed by atoms with Crippen molar-refractivity contribution in [3.63, 3.8) is 0 Å². The van der Waals surface area contributed by atoms with E-state index < -0.39 is 18.2 Å². The molecule has 144 valence electrons. The van der Waals surface area contributed by atoms with Crippen molar-refractivity contribution in [2.45, 2.75) is 57.2 Å². The van der Waals surface area contributed by atoms with Gasteiger partial charge < -0.3 is 15.3 Å². The molecule has 5 atom stereocenters. The minimum atomic E-state index is -0.768. The quantitative estimate of drug-likeness (QED) is 0.532. The summed E-state index contributed by atoms with van der Waals surface area (Å²) in [5.74, 6) is 6.01. The first-order valence-corrected chi connectivity index (χ1v) is 9.86. The topological polar surface area (TPSA) is 77.8 Å². The van der Waals surface area contributed by atoms with E-state index >= 15 is 0 Å².